The molecule has 1 saturated heterocycles. The minimum atomic E-state index is -0.655. The standard InChI is InChI=1S/C23H27ClN4O2S/c1-14-10-17-18(12-16(14)24)27-21(26-17)19-13-25-22(31-19)28-8-6-23(7-9-28)4-2-15(3-5-23)11-20(29)30/h10,12-13,15H,2-9,11H2,1H3,(H,26,27)(H,29,30). The molecular formula is C23H27ClN4O2S. The van der Waals surface area contributed by atoms with E-state index in [0.29, 0.717) is 17.8 Å². The van der Waals surface area contributed by atoms with Gasteiger partial charge in [0.15, 0.2) is 5.13 Å². The van der Waals surface area contributed by atoms with Gasteiger partial charge in [-0.25, -0.2) is 9.97 Å². The Balaban J connectivity index is 1.24. The zero-order valence-electron chi connectivity index (χ0n) is 17.7. The van der Waals surface area contributed by atoms with Crippen LogP contribution in [0, 0.1) is 18.3 Å². The van der Waals surface area contributed by atoms with Gasteiger partial charge in [-0.1, -0.05) is 22.9 Å². The normalized spacial score (nSPS) is 19.4. The van der Waals surface area contributed by atoms with E-state index in [2.05, 4.69) is 9.88 Å². The third-order valence-corrected chi connectivity index (χ3v) is 8.68. The first-order chi connectivity index (χ1) is 14.9. The fourth-order valence-electron chi connectivity index (χ4n) is 5.19. The van der Waals surface area contributed by atoms with Gasteiger partial charge in [-0.15, -0.1) is 0 Å². The lowest BCUT2D eigenvalue weighted by atomic mass is 9.65. The van der Waals surface area contributed by atoms with Crippen molar-refractivity contribution in [2.45, 2.75) is 51.9 Å². The van der Waals surface area contributed by atoms with Crippen LogP contribution in [0.4, 0.5) is 5.13 Å². The van der Waals surface area contributed by atoms with Gasteiger partial charge < -0.3 is 15.0 Å². The summed E-state index contributed by atoms with van der Waals surface area (Å²) in [5, 5.41) is 10.8. The summed E-state index contributed by atoms with van der Waals surface area (Å²) in [4.78, 5) is 27.2. The number of rotatable bonds is 4. The zero-order chi connectivity index (χ0) is 21.6. The number of halogens is 1. The molecule has 2 fully saturated rings. The molecule has 5 rings (SSSR count). The van der Waals surface area contributed by atoms with Crippen molar-refractivity contribution >= 4 is 45.1 Å². The molecule has 0 unspecified atom stereocenters. The van der Waals surface area contributed by atoms with Crippen LogP contribution >= 0.6 is 22.9 Å². The number of nitrogens with zero attached hydrogens (tertiary/aromatic N) is 3. The van der Waals surface area contributed by atoms with E-state index in [4.69, 9.17) is 26.7 Å². The number of thiazole rings is 1. The van der Waals surface area contributed by atoms with E-state index in [0.717, 1.165) is 63.4 Å². The van der Waals surface area contributed by atoms with Crippen molar-refractivity contribution in [1.29, 1.82) is 0 Å². The van der Waals surface area contributed by atoms with Gasteiger partial charge in [0.2, 0.25) is 0 Å². The Labute approximate surface area is 190 Å². The number of nitrogens with one attached hydrogen (secondary N) is 1. The Morgan fingerprint density at radius 2 is 2.03 bits per heavy atom. The molecule has 0 atom stereocenters. The molecule has 1 saturated carbocycles. The molecule has 2 aliphatic rings. The molecule has 8 heteroatoms. The number of carbonyl (C=O) groups is 1. The van der Waals surface area contributed by atoms with E-state index < -0.39 is 5.97 Å². The number of aryl methyl sites for hydroxylation is 1. The number of aliphatic carboxylic acids is 1. The highest BCUT2D eigenvalue weighted by Crippen LogP contribution is 2.48. The molecule has 1 spiro atoms. The Bertz CT molecular complexity index is 1070. The first-order valence-corrected chi connectivity index (χ1v) is 12.2. The maximum Gasteiger partial charge on any atom is 0.303 e. The lowest BCUT2D eigenvalue weighted by Crippen LogP contribution is -2.42. The number of H-pyrrole nitrogens is 1. The molecular weight excluding hydrogens is 432 g/mol. The second-order valence-corrected chi connectivity index (χ2v) is 10.7. The summed E-state index contributed by atoms with van der Waals surface area (Å²) in [7, 11) is 0. The molecule has 0 bridgehead atoms. The van der Waals surface area contributed by atoms with Crippen molar-refractivity contribution in [3.05, 3.63) is 28.9 Å². The van der Waals surface area contributed by atoms with Crippen LogP contribution in [0.15, 0.2) is 18.3 Å². The van der Waals surface area contributed by atoms with E-state index >= 15 is 0 Å². The van der Waals surface area contributed by atoms with Crippen LogP contribution in [0.1, 0.15) is 50.5 Å². The second-order valence-electron chi connectivity index (χ2n) is 9.24. The lowest BCUT2D eigenvalue weighted by Gasteiger charge is -2.45. The number of carboxylic acids is 1. The van der Waals surface area contributed by atoms with E-state index in [9.17, 15) is 4.79 Å². The highest BCUT2D eigenvalue weighted by molar-refractivity contribution is 7.18. The average Bonchev–Trinajstić information content (AvgIpc) is 3.38. The first-order valence-electron chi connectivity index (χ1n) is 11.0. The highest BCUT2D eigenvalue weighted by atomic mass is 35.5. The van der Waals surface area contributed by atoms with Crippen molar-refractivity contribution in [1.82, 2.24) is 15.0 Å². The largest absolute Gasteiger partial charge is 0.481 e. The molecule has 3 heterocycles. The van der Waals surface area contributed by atoms with Gasteiger partial charge in [-0.3, -0.25) is 4.79 Å². The Kier molecular flexibility index (Phi) is 5.42. The van der Waals surface area contributed by atoms with Crippen LogP contribution in [0.5, 0.6) is 0 Å². The molecule has 164 valence electrons. The third-order valence-electron chi connectivity index (χ3n) is 7.21. The Morgan fingerprint density at radius 1 is 1.29 bits per heavy atom. The molecule has 1 aliphatic heterocycles. The van der Waals surface area contributed by atoms with Gasteiger partial charge in [-0.2, -0.15) is 0 Å². The monoisotopic (exact) mass is 458 g/mol. The maximum absolute atomic E-state index is 11.0. The number of hydrogen-bond donors (Lipinski definition) is 2. The summed E-state index contributed by atoms with van der Waals surface area (Å²) in [6.45, 7) is 4.03. The summed E-state index contributed by atoms with van der Waals surface area (Å²) in [5.74, 6) is 0.550. The zero-order valence-corrected chi connectivity index (χ0v) is 19.2. The Morgan fingerprint density at radius 3 is 2.74 bits per heavy atom. The summed E-state index contributed by atoms with van der Waals surface area (Å²) in [6, 6.07) is 3.94. The number of aromatic amines is 1. The average molecular weight is 459 g/mol. The number of aromatic nitrogens is 3. The number of benzene rings is 1. The van der Waals surface area contributed by atoms with Gasteiger partial charge in [-0.05, 0) is 74.5 Å². The molecule has 1 aliphatic carbocycles. The van der Waals surface area contributed by atoms with Crippen molar-refractivity contribution in [3.8, 4) is 10.7 Å². The van der Waals surface area contributed by atoms with Gasteiger partial charge in [0.05, 0.1) is 22.1 Å². The Hall–Kier alpha value is -2.12. The number of imidazole rings is 1. The minimum absolute atomic E-state index is 0.331. The van der Waals surface area contributed by atoms with Crippen molar-refractivity contribution in [2.75, 3.05) is 18.0 Å². The number of carboxylic acid groups (broad SMARTS) is 1. The summed E-state index contributed by atoms with van der Waals surface area (Å²) in [5.41, 5.74) is 3.30. The molecule has 0 radical (unpaired) electrons. The van der Waals surface area contributed by atoms with Crippen molar-refractivity contribution < 1.29 is 9.90 Å². The van der Waals surface area contributed by atoms with E-state index in [1.165, 1.54) is 25.7 Å². The van der Waals surface area contributed by atoms with Crippen LogP contribution < -0.4 is 4.90 Å². The van der Waals surface area contributed by atoms with Crippen molar-refractivity contribution in [2.24, 2.45) is 11.3 Å². The molecule has 31 heavy (non-hydrogen) atoms. The summed E-state index contributed by atoms with van der Waals surface area (Å²) < 4.78 is 0. The molecule has 2 aromatic heterocycles. The summed E-state index contributed by atoms with van der Waals surface area (Å²) in [6.07, 6.45) is 9.04. The van der Waals surface area contributed by atoms with Crippen LogP contribution in [-0.2, 0) is 4.79 Å². The quantitative estimate of drug-likeness (QED) is 0.508. The maximum atomic E-state index is 11.0. The number of fused-ring (bicyclic) bond motifs is 1. The molecule has 3 aromatic rings. The lowest BCUT2D eigenvalue weighted by molar-refractivity contribution is -0.138. The van der Waals surface area contributed by atoms with E-state index in [-0.39, 0.29) is 0 Å². The number of hydrogen-bond acceptors (Lipinski definition) is 5. The second kappa shape index (κ2) is 8.10. The first kappa shape index (κ1) is 20.8. The van der Waals surface area contributed by atoms with Gasteiger partial charge in [0, 0.05) is 24.5 Å². The van der Waals surface area contributed by atoms with Gasteiger partial charge >= 0.3 is 5.97 Å². The van der Waals surface area contributed by atoms with Crippen LogP contribution in [0.3, 0.4) is 0 Å². The fraction of sp³-hybridized carbons (Fsp3) is 0.522. The van der Waals surface area contributed by atoms with E-state index in [1.807, 2.05) is 25.3 Å². The van der Waals surface area contributed by atoms with Crippen LogP contribution in [0.2, 0.25) is 5.02 Å². The highest BCUT2D eigenvalue weighted by Gasteiger charge is 2.38. The number of piperidine rings is 1. The predicted molar refractivity (Wildman–Crippen MR) is 125 cm³/mol. The smallest absolute Gasteiger partial charge is 0.303 e. The minimum Gasteiger partial charge on any atom is -0.481 e. The molecule has 6 nitrogen and oxygen atoms in total. The summed E-state index contributed by atoms with van der Waals surface area (Å²) >= 11 is 7.93. The molecule has 0 amide bonds. The predicted octanol–water partition coefficient (Wildman–Crippen LogP) is 5.90. The van der Waals surface area contributed by atoms with Gasteiger partial charge in [0.1, 0.15) is 5.82 Å². The topological polar surface area (TPSA) is 82.1 Å². The molecule has 1 aromatic carbocycles. The van der Waals surface area contributed by atoms with Crippen molar-refractivity contribution in [3.63, 3.8) is 0 Å². The SMILES string of the molecule is Cc1cc2[nH]c(-c3cnc(N4CCC5(CCC(CC(=O)O)CC5)CC4)s3)nc2cc1Cl. The van der Waals surface area contributed by atoms with Gasteiger partial charge in [0.25, 0.3) is 0 Å². The fourth-order valence-corrected chi connectivity index (χ4v) is 6.26. The van der Waals surface area contributed by atoms with E-state index in [1.54, 1.807) is 11.3 Å². The third kappa shape index (κ3) is 4.17. The van der Waals surface area contributed by atoms with Crippen LogP contribution in [-0.4, -0.2) is 39.1 Å². The molecule has 2 N–H and O–H groups in total. The number of anilines is 1. The van der Waals surface area contributed by atoms with Crippen LogP contribution in [0.25, 0.3) is 21.7 Å².